The summed E-state index contributed by atoms with van der Waals surface area (Å²) in [7, 11) is 1.85. The van der Waals surface area contributed by atoms with Crippen molar-refractivity contribution in [3.8, 4) is 5.75 Å². The van der Waals surface area contributed by atoms with Gasteiger partial charge in [0.15, 0.2) is 0 Å². The molecule has 138 valence electrons. The predicted molar refractivity (Wildman–Crippen MR) is 109 cm³/mol. The number of rotatable bonds is 6. The highest BCUT2D eigenvalue weighted by molar-refractivity contribution is 7.97. The fourth-order valence-electron chi connectivity index (χ4n) is 3.29. The molecular formula is C21H26N2O2S. The average Bonchev–Trinajstić information content (AvgIpc) is 2.67. The zero-order valence-electron chi connectivity index (χ0n) is 15.6. The Labute approximate surface area is 160 Å². The lowest BCUT2D eigenvalue weighted by Crippen LogP contribution is -2.46. The number of carbonyl (C=O) groups is 1. The summed E-state index contributed by atoms with van der Waals surface area (Å²) in [5.41, 5.74) is 3.09. The number of fused-ring (bicyclic) bond motifs is 1. The van der Waals surface area contributed by atoms with Gasteiger partial charge >= 0.3 is 0 Å². The highest BCUT2D eigenvalue weighted by atomic mass is 32.2. The van der Waals surface area contributed by atoms with Gasteiger partial charge in [0, 0.05) is 24.9 Å². The Kier molecular flexibility index (Phi) is 6.09. The first-order valence-corrected chi connectivity index (χ1v) is 10.4. The molecule has 0 unspecified atom stereocenters. The molecule has 4 nitrogen and oxygen atoms in total. The molecule has 1 heterocycles. The van der Waals surface area contributed by atoms with Crippen molar-refractivity contribution in [2.24, 2.45) is 0 Å². The van der Waals surface area contributed by atoms with Gasteiger partial charge in [0.1, 0.15) is 11.9 Å². The van der Waals surface area contributed by atoms with Gasteiger partial charge < -0.3 is 14.5 Å². The van der Waals surface area contributed by atoms with Gasteiger partial charge in [-0.3, -0.25) is 4.79 Å². The van der Waals surface area contributed by atoms with Crippen molar-refractivity contribution >= 4 is 23.4 Å². The Morgan fingerprint density at radius 3 is 2.65 bits per heavy atom. The molecule has 0 aromatic heterocycles. The van der Waals surface area contributed by atoms with Crippen LogP contribution in [0.1, 0.15) is 22.8 Å². The van der Waals surface area contributed by atoms with Gasteiger partial charge in [0.05, 0.1) is 18.8 Å². The first-order valence-electron chi connectivity index (χ1n) is 8.96. The summed E-state index contributed by atoms with van der Waals surface area (Å²) in [6.07, 6.45) is 2.05. The first kappa shape index (κ1) is 18.6. The smallest absolute Gasteiger partial charge is 0.253 e. The zero-order chi connectivity index (χ0) is 18.5. The fraction of sp³-hybridized carbons (Fsp3) is 0.381. The van der Waals surface area contributed by atoms with E-state index in [0.29, 0.717) is 6.54 Å². The lowest BCUT2D eigenvalue weighted by atomic mass is 10.1. The SMILES string of the molecule is CCN1C[C@@H](CN(C)C(=O)c2ccc(CSC)cc2)Oc2ccccc21. The fourth-order valence-corrected chi connectivity index (χ4v) is 3.82. The van der Waals surface area contributed by atoms with Crippen molar-refractivity contribution in [2.45, 2.75) is 18.8 Å². The van der Waals surface area contributed by atoms with Gasteiger partial charge in [0.25, 0.3) is 5.91 Å². The number of amides is 1. The van der Waals surface area contributed by atoms with E-state index >= 15 is 0 Å². The topological polar surface area (TPSA) is 32.8 Å². The molecular weight excluding hydrogens is 344 g/mol. The van der Waals surface area contributed by atoms with E-state index in [1.54, 1.807) is 16.7 Å². The second-order valence-electron chi connectivity index (χ2n) is 6.56. The van der Waals surface area contributed by atoms with E-state index in [1.807, 2.05) is 49.5 Å². The van der Waals surface area contributed by atoms with Crippen LogP contribution in [0, 0.1) is 0 Å². The van der Waals surface area contributed by atoms with Gasteiger partial charge in [-0.05, 0) is 43.0 Å². The van der Waals surface area contributed by atoms with Crippen LogP contribution in [0.2, 0.25) is 0 Å². The summed E-state index contributed by atoms with van der Waals surface area (Å²) in [5, 5.41) is 0. The number of thioether (sulfide) groups is 1. The van der Waals surface area contributed by atoms with E-state index in [0.717, 1.165) is 35.8 Å². The van der Waals surface area contributed by atoms with Crippen molar-refractivity contribution in [2.75, 3.05) is 37.8 Å². The highest BCUT2D eigenvalue weighted by Crippen LogP contribution is 2.32. The Bertz CT molecular complexity index is 748. The highest BCUT2D eigenvalue weighted by Gasteiger charge is 2.26. The summed E-state index contributed by atoms with van der Waals surface area (Å²) in [5.74, 6) is 1.89. The Hall–Kier alpha value is -2.14. The van der Waals surface area contributed by atoms with Crippen LogP contribution in [0.3, 0.4) is 0 Å². The molecule has 1 amide bonds. The van der Waals surface area contributed by atoms with Crippen LogP contribution in [0.15, 0.2) is 48.5 Å². The standard InChI is InChI=1S/C21H26N2O2S/c1-4-23-14-18(25-20-8-6-5-7-19(20)23)13-22(2)21(24)17-11-9-16(10-12-17)15-26-3/h5-12,18H,4,13-15H2,1-3H3/t18-/m1/s1. The quantitative estimate of drug-likeness (QED) is 0.772. The minimum Gasteiger partial charge on any atom is -0.485 e. The molecule has 1 aliphatic rings. The number of benzene rings is 2. The van der Waals surface area contributed by atoms with Gasteiger partial charge in [0.2, 0.25) is 0 Å². The molecule has 5 heteroatoms. The van der Waals surface area contributed by atoms with Crippen LogP contribution >= 0.6 is 11.8 Å². The Morgan fingerprint density at radius 2 is 1.96 bits per heavy atom. The maximum Gasteiger partial charge on any atom is 0.253 e. The van der Waals surface area contributed by atoms with Crippen LogP contribution in [0.5, 0.6) is 5.75 Å². The summed E-state index contributed by atoms with van der Waals surface area (Å²) >= 11 is 1.78. The van der Waals surface area contributed by atoms with E-state index in [9.17, 15) is 4.79 Å². The van der Waals surface area contributed by atoms with Crippen LogP contribution in [-0.4, -0.2) is 49.8 Å². The van der Waals surface area contributed by atoms with E-state index in [4.69, 9.17) is 4.74 Å². The van der Waals surface area contributed by atoms with Gasteiger partial charge in [-0.1, -0.05) is 24.3 Å². The minimum atomic E-state index is -0.0328. The molecule has 0 N–H and O–H groups in total. The van der Waals surface area contributed by atoms with Crippen molar-refractivity contribution in [1.29, 1.82) is 0 Å². The van der Waals surface area contributed by atoms with Crippen molar-refractivity contribution in [3.05, 3.63) is 59.7 Å². The number of likely N-dealkylation sites (N-methyl/N-ethyl adjacent to an activating group) is 2. The number of hydrogen-bond acceptors (Lipinski definition) is 4. The summed E-state index contributed by atoms with van der Waals surface area (Å²) in [6, 6.07) is 16.0. The molecule has 0 bridgehead atoms. The number of para-hydroxylation sites is 2. The molecule has 0 radical (unpaired) electrons. The molecule has 2 aromatic rings. The molecule has 0 saturated carbocycles. The van der Waals surface area contributed by atoms with Crippen molar-refractivity contribution in [3.63, 3.8) is 0 Å². The maximum absolute atomic E-state index is 12.7. The zero-order valence-corrected chi connectivity index (χ0v) is 16.5. The van der Waals surface area contributed by atoms with Crippen LogP contribution in [0.4, 0.5) is 5.69 Å². The average molecular weight is 371 g/mol. The van der Waals surface area contributed by atoms with Gasteiger partial charge in [-0.2, -0.15) is 11.8 Å². The monoisotopic (exact) mass is 370 g/mol. The van der Waals surface area contributed by atoms with Crippen LogP contribution in [-0.2, 0) is 5.75 Å². The third-order valence-corrected chi connectivity index (χ3v) is 5.26. The number of anilines is 1. The molecule has 0 saturated heterocycles. The Balaban J connectivity index is 1.66. The summed E-state index contributed by atoms with van der Waals surface area (Å²) in [4.78, 5) is 16.8. The van der Waals surface area contributed by atoms with E-state index < -0.39 is 0 Å². The maximum atomic E-state index is 12.7. The third kappa shape index (κ3) is 4.15. The molecule has 0 spiro atoms. The van der Waals surface area contributed by atoms with Gasteiger partial charge in [-0.15, -0.1) is 0 Å². The molecule has 2 aromatic carbocycles. The first-order chi connectivity index (χ1) is 12.6. The van der Waals surface area contributed by atoms with E-state index in [1.165, 1.54) is 5.56 Å². The molecule has 3 rings (SSSR count). The van der Waals surface area contributed by atoms with Crippen LogP contribution < -0.4 is 9.64 Å². The van der Waals surface area contributed by atoms with Crippen molar-refractivity contribution in [1.82, 2.24) is 4.90 Å². The second-order valence-corrected chi connectivity index (χ2v) is 7.43. The van der Waals surface area contributed by atoms with E-state index in [2.05, 4.69) is 24.1 Å². The molecule has 0 aliphatic carbocycles. The predicted octanol–water partition coefficient (Wildman–Crippen LogP) is 3.91. The summed E-state index contributed by atoms with van der Waals surface area (Å²) < 4.78 is 6.13. The number of nitrogens with zero attached hydrogens (tertiary/aromatic N) is 2. The van der Waals surface area contributed by atoms with Crippen LogP contribution in [0.25, 0.3) is 0 Å². The molecule has 0 fully saturated rings. The van der Waals surface area contributed by atoms with Gasteiger partial charge in [-0.25, -0.2) is 0 Å². The number of hydrogen-bond donors (Lipinski definition) is 0. The Morgan fingerprint density at radius 1 is 1.23 bits per heavy atom. The van der Waals surface area contributed by atoms with Crippen molar-refractivity contribution < 1.29 is 9.53 Å². The molecule has 26 heavy (non-hydrogen) atoms. The molecule has 1 atom stereocenters. The largest absolute Gasteiger partial charge is 0.485 e. The summed E-state index contributed by atoms with van der Waals surface area (Å²) in [6.45, 7) is 4.42. The number of carbonyl (C=O) groups excluding carboxylic acids is 1. The third-order valence-electron chi connectivity index (χ3n) is 4.64. The lowest BCUT2D eigenvalue weighted by Gasteiger charge is -2.37. The lowest BCUT2D eigenvalue weighted by molar-refractivity contribution is 0.0709. The normalized spacial score (nSPS) is 16.0. The number of ether oxygens (including phenoxy) is 1. The minimum absolute atomic E-state index is 0.0328. The molecule has 1 aliphatic heterocycles. The van der Waals surface area contributed by atoms with E-state index in [-0.39, 0.29) is 12.0 Å². The second kappa shape index (κ2) is 8.49.